The molecule has 2 N–H and O–H groups in total. The molecule has 1 aromatic heterocycles. The fourth-order valence-electron chi connectivity index (χ4n) is 3.30. The van der Waals surface area contributed by atoms with E-state index in [9.17, 15) is 18.0 Å². The Morgan fingerprint density at radius 3 is 2.86 bits per heavy atom. The van der Waals surface area contributed by atoms with Crippen molar-refractivity contribution in [2.45, 2.75) is 26.7 Å². The summed E-state index contributed by atoms with van der Waals surface area (Å²) in [6, 6.07) is 8.46. The summed E-state index contributed by atoms with van der Waals surface area (Å²) in [5.74, 6) is -0.140. The summed E-state index contributed by atoms with van der Waals surface area (Å²) >= 11 is 0. The first-order valence-electron chi connectivity index (χ1n) is 9.25. The number of amides is 1. The number of anilines is 1. The third-order valence-electron chi connectivity index (χ3n) is 4.79. The van der Waals surface area contributed by atoms with Crippen LogP contribution in [0.1, 0.15) is 25.5 Å². The zero-order chi connectivity index (χ0) is 20.3. The molecule has 1 aliphatic heterocycles. The van der Waals surface area contributed by atoms with Gasteiger partial charge < -0.3 is 10.3 Å². The maximum atomic E-state index is 12.7. The lowest BCUT2D eigenvalue weighted by molar-refractivity contribution is -0.120. The second-order valence-corrected chi connectivity index (χ2v) is 9.16. The molecule has 1 atom stereocenters. The van der Waals surface area contributed by atoms with Crippen molar-refractivity contribution in [2.24, 2.45) is 5.92 Å². The number of carbonyl (C=O) groups excluding carboxylic acids is 1. The molecule has 0 unspecified atom stereocenters. The monoisotopic (exact) mass is 404 g/mol. The number of aryl methyl sites for hydroxylation is 1. The Morgan fingerprint density at radius 1 is 1.36 bits per heavy atom. The summed E-state index contributed by atoms with van der Waals surface area (Å²) < 4.78 is 25.6. The van der Waals surface area contributed by atoms with Gasteiger partial charge in [0.15, 0.2) is 0 Å². The van der Waals surface area contributed by atoms with Crippen molar-refractivity contribution >= 4 is 21.6 Å². The average Bonchev–Trinajstić information content (AvgIpc) is 2.67. The zero-order valence-corrected chi connectivity index (χ0v) is 16.8. The van der Waals surface area contributed by atoms with Crippen LogP contribution >= 0.6 is 0 Å². The minimum atomic E-state index is -3.30. The maximum absolute atomic E-state index is 12.7. The maximum Gasteiger partial charge on any atom is 0.251 e. The van der Waals surface area contributed by atoms with Crippen LogP contribution in [0.3, 0.4) is 0 Å². The van der Waals surface area contributed by atoms with Gasteiger partial charge in [0.1, 0.15) is 5.82 Å². The summed E-state index contributed by atoms with van der Waals surface area (Å²) in [6.07, 6.45) is 1.31. The molecule has 0 bridgehead atoms. The van der Waals surface area contributed by atoms with Gasteiger partial charge in [0.05, 0.1) is 11.7 Å². The SMILES string of the molecule is CCS(=O)(=O)N1CCC[C@H](C(=O)Nc2cccc(-c3nc(C)cc(=O)[nH]3)c2)C1. The van der Waals surface area contributed by atoms with E-state index in [1.807, 2.05) is 0 Å². The first kappa shape index (κ1) is 20.2. The second kappa shape index (κ2) is 8.24. The lowest BCUT2D eigenvalue weighted by Gasteiger charge is -2.30. The van der Waals surface area contributed by atoms with Crippen LogP contribution in [0.15, 0.2) is 35.1 Å². The van der Waals surface area contributed by atoms with Crippen molar-refractivity contribution in [3.63, 3.8) is 0 Å². The number of nitrogens with one attached hydrogen (secondary N) is 2. The van der Waals surface area contributed by atoms with Gasteiger partial charge in [0, 0.05) is 36.1 Å². The lowest BCUT2D eigenvalue weighted by Crippen LogP contribution is -2.44. The average molecular weight is 404 g/mol. The van der Waals surface area contributed by atoms with Crippen LogP contribution in [0.2, 0.25) is 0 Å². The molecule has 0 saturated carbocycles. The molecule has 0 radical (unpaired) electrons. The highest BCUT2D eigenvalue weighted by molar-refractivity contribution is 7.89. The van der Waals surface area contributed by atoms with E-state index in [2.05, 4.69) is 15.3 Å². The quantitative estimate of drug-likeness (QED) is 0.788. The largest absolute Gasteiger partial charge is 0.326 e. The number of hydrogen-bond donors (Lipinski definition) is 2. The van der Waals surface area contributed by atoms with Crippen molar-refractivity contribution in [1.29, 1.82) is 0 Å². The number of aromatic nitrogens is 2. The van der Waals surface area contributed by atoms with Crippen LogP contribution in [-0.2, 0) is 14.8 Å². The molecule has 1 fully saturated rings. The minimum absolute atomic E-state index is 0.0328. The van der Waals surface area contributed by atoms with Crippen molar-refractivity contribution in [1.82, 2.24) is 14.3 Å². The van der Waals surface area contributed by atoms with E-state index in [1.54, 1.807) is 38.1 Å². The number of hydrogen-bond acceptors (Lipinski definition) is 5. The van der Waals surface area contributed by atoms with Gasteiger partial charge in [-0.1, -0.05) is 12.1 Å². The van der Waals surface area contributed by atoms with E-state index in [0.29, 0.717) is 42.2 Å². The molecule has 0 aliphatic carbocycles. The van der Waals surface area contributed by atoms with Gasteiger partial charge in [-0.25, -0.2) is 17.7 Å². The van der Waals surface area contributed by atoms with Crippen LogP contribution in [0.4, 0.5) is 5.69 Å². The van der Waals surface area contributed by atoms with Gasteiger partial charge in [0.25, 0.3) is 5.56 Å². The molecule has 9 heteroatoms. The van der Waals surface area contributed by atoms with E-state index in [-0.39, 0.29) is 23.8 Å². The van der Waals surface area contributed by atoms with Crippen molar-refractivity contribution in [2.75, 3.05) is 24.2 Å². The Morgan fingerprint density at radius 2 is 2.14 bits per heavy atom. The molecule has 2 heterocycles. The number of aromatic amines is 1. The Bertz CT molecular complexity index is 1030. The molecule has 1 aromatic carbocycles. The third-order valence-corrected chi connectivity index (χ3v) is 6.63. The summed E-state index contributed by atoms with van der Waals surface area (Å²) in [4.78, 5) is 31.4. The number of benzene rings is 1. The van der Waals surface area contributed by atoms with Gasteiger partial charge >= 0.3 is 0 Å². The highest BCUT2D eigenvalue weighted by Crippen LogP contribution is 2.23. The van der Waals surface area contributed by atoms with Crippen molar-refractivity contribution in [3.8, 4) is 11.4 Å². The topological polar surface area (TPSA) is 112 Å². The molecule has 150 valence electrons. The summed E-state index contributed by atoms with van der Waals surface area (Å²) in [5, 5.41) is 2.86. The van der Waals surface area contributed by atoms with Crippen molar-refractivity contribution in [3.05, 3.63) is 46.4 Å². The van der Waals surface area contributed by atoms with E-state index < -0.39 is 15.9 Å². The second-order valence-electron chi connectivity index (χ2n) is 6.90. The van der Waals surface area contributed by atoms with Gasteiger partial charge in [-0.05, 0) is 38.8 Å². The molecule has 2 aromatic rings. The standard InChI is InChI=1S/C19H24N4O4S/c1-3-28(26,27)23-9-5-7-15(12-23)19(25)21-16-8-4-6-14(11-16)18-20-13(2)10-17(24)22-18/h4,6,8,10-11,15H,3,5,7,9,12H2,1-2H3,(H,21,25)(H,20,22,24)/t15-/m0/s1. The Labute approximate surface area is 164 Å². The molecule has 1 aliphatic rings. The molecular weight excluding hydrogens is 380 g/mol. The van der Waals surface area contributed by atoms with E-state index in [0.717, 1.165) is 0 Å². The Hall–Kier alpha value is -2.52. The summed E-state index contributed by atoms with van der Waals surface area (Å²) in [7, 11) is -3.30. The molecular formula is C19H24N4O4S. The number of carbonyl (C=O) groups is 1. The Kier molecular flexibility index (Phi) is 5.95. The van der Waals surface area contributed by atoms with E-state index >= 15 is 0 Å². The first-order chi connectivity index (χ1) is 13.3. The molecule has 1 saturated heterocycles. The molecule has 3 rings (SSSR count). The Balaban J connectivity index is 1.75. The molecule has 28 heavy (non-hydrogen) atoms. The fourth-order valence-corrected chi connectivity index (χ4v) is 4.48. The van der Waals surface area contributed by atoms with Gasteiger partial charge in [-0.15, -0.1) is 0 Å². The third kappa shape index (κ3) is 4.66. The van der Waals surface area contributed by atoms with E-state index in [1.165, 1.54) is 10.4 Å². The smallest absolute Gasteiger partial charge is 0.251 e. The summed E-state index contributed by atoms with van der Waals surface area (Å²) in [5.41, 5.74) is 1.61. The number of H-pyrrole nitrogens is 1. The molecule has 8 nitrogen and oxygen atoms in total. The molecule has 1 amide bonds. The minimum Gasteiger partial charge on any atom is -0.326 e. The number of piperidine rings is 1. The van der Waals surface area contributed by atoms with Crippen molar-refractivity contribution < 1.29 is 13.2 Å². The van der Waals surface area contributed by atoms with Crippen LogP contribution < -0.4 is 10.9 Å². The van der Waals surface area contributed by atoms with Crippen LogP contribution in [0.25, 0.3) is 11.4 Å². The van der Waals surface area contributed by atoms with Gasteiger partial charge in [0.2, 0.25) is 15.9 Å². The van der Waals surface area contributed by atoms with Gasteiger partial charge in [-0.3, -0.25) is 9.59 Å². The van der Waals surface area contributed by atoms with Crippen LogP contribution in [-0.4, -0.2) is 47.4 Å². The van der Waals surface area contributed by atoms with Crippen LogP contribution in [0, 0.1) is 12.8 Å². The summed E-state index contributed by atoms with van der Waals surface area (Å²) in [6.45, 7) is 4.01. The zero-order valence-electron chi connectivity index (χ0n) is 15.9. The first-order valence-corrected chi connectivity index (χ1v) is 10.9. The number of rotatable bonds is 5. The highest BCUT2D eigenvalue weighted by atomic mass is 32.2. The fraction of sp³-hybridized carbons (Fsp3) is 0.421. The lowest BCUT2D eigenvalue weighted by atomic mass is 9.98. The van der Waals surface area contributed by atoms with Gasteiger partial charge in [-0.2, -0.15) is 0 Å². The number of sulfonamides is 1. The number of nitrogens with zero attached hydrogens (tertiary/aromatic N) is 2. The normalized spacial score (nSPS) is 18.0. The predicted molar refractivity (Wildman–Crippen MR) is 107 cm³/mol. The predicted octanol–water partition coefficient (Wildman–Crippen LogP) is 1.75. The molecule has 0 spiro atoms. The van der Waals surface area contributed by atoms with E-state index in [4.69, 9.17) is 0 Å². The highest BCUT2D eigenvalue weighted by Gasteiger charge is 2.31. The van der Waals surface area contributed by atoms with Crippen LogP contribution in [0.5, 0.6) is 0 Å².